The Kier molecular flexibility index (Phi) is 29.7. The van der Waals surface area contributed by atoms with Gasteiger partial charge in [0.25, 0.3) is 5.91 Å². The number of ether oxygens (including phenoxy) is 2. The van der Waals surface area contributed by atoms with E-state index in [1.807, 2.05) is 0 Å². The van der Waals surface area contributed by atoms with Gasteiger partial charge in [-0.3, -0.25) is 57.5 Å². The van der Waals surface area contributed by atoms with Crippen LogP contribution in [-0.4, -0.2) is 205 Å². The SMILES string of the molecule is CC=Cc1ccccc1C=CC(=O)NC1C(=O)NC(C)C(=O)NC(CC(=O)O)C(=O)NCC(=O)NC(C(O)c2ccccc2)C(=O)N2CCCC2C(=O)NC(C(O)c2ccc(OC)cc2)C(=O)NC(Cc2c[nH]c3ccccc23)C(=O)NC(O)C(=O)NC(CC(C)C)C(=O)NC(C(O)C(C)C)C(=O)OC1C. The topological polar surface area (TPSA) is 481 Å². The van der Waals surface area contributed by atoms with Crippen LogP contribution in [0.5, 0.6) is 5.75 Å². The molecule has 106 heavy (non-hydrogen) atoms. The third-order valence-corrected chi connectivity index (χ3v) is 17.7. The lowest BCUT2D eigenvalue weighted by molar-refractivity contribution is -0.160. The van der Waals surface area contributed by atoms with Crippen molar-refractivity contribution < 1.29 is 97.3 Å². The normalized spacial score (nSPS) is 24.6. The molecule has 7 rings (SSSR count). The van der Waals surface area contributed by atoms with Crippen LogP contribution in [0, 0.1) is 11.8 Å². The number of fused-ring (bicyclic) bond motifs is 2. The van der Waals surface area contributed by atoms with Gasteiger partial charge in [-0.05, 0) is 104 Å². The molecule has 14 unspecified atom stereocenters. The van der Waals surface area contributed by atoms with Crippen LogP contribution in [0.15, 0.2) is 121 Å². The van der Waals surface area contributed by atoms with E-state index >= 15 is 4.79 Å². The molecule has 32 heteroatoms. The number of methoxy groups -OCH3 is 1. The molecule has 568 valence electrons. The third kappa shape index (κ3) is 22.3. The van der Waals surface area contributed by atoms with E-state index in [1.54, 1.807) is 87.5 Å². The maximum atomic E-state index is 15.1. The third-order valence-electron chi connectivity index (χ3n) is 17.7. The summed E-state index contributed by atoms with van der Waals surface area (Å²) < 4.78 is 11.1. The average molecular weight is 1470 g/mol. The van der Waals surface area contributed by atoms with Gasteiger partial charge >= 0.3 is 11.9 Å². The zero-order chi connectivity index (χ0) is 77.6. The fourth-order valence-electron chi connectivity index (χ4n) is 11.9. The summed E-state index contributed by atoms with van der Waals surface area (Å²) in [6.45, 7) is 9.08. The molecule has 2 aliphatic rings. The van der Waals surface area contributed by atoms with Crippen molar-refractivity contribution >= 4 is 100.0 Å². The highest BCUT2D eigenvalue weighted by atomic mass is 16.5. The largest absolute Gasteiger partial charge is 0.497 e. The zero-order valence-electron chi connectivity index (χ0n) is 59.7. The number of carboxylic acid groups (broad SMARTS) is 1. The van der Waals surface area contributed by atoms with Crippen LogP contribution in [-0.2, 0) is 73.5 Å². The number of aliphatic carboxylic acids is 1. The molecule has 0 saturated carbocycles. The maximum absolute atomic E-state index is 15.1. The van der Waals surface area contributed by atoms with Crippen LogP contribution in [0.3, 0.4) is 0 Å². The highest BCUT2D eigenvalue weighted by molar-refractivity contribution is 6.01. The lowest BCUT2D eigenvalue weighted by Crippen LogP contribution is -2.62. The van der Waals surface area contributed by atoms with Gasteiger partial charge in [0, 0.05) is 36.1 Å². The predicted molar refractivity (Wildman–Crippen MR) is 383 cm³/mol. The number of para-hydroxylation sites is 1. The van der Waals surface area contributed by atoms with E-state index in [2.05, 4.69) is 58.2 Å². The van der Waals surface area contributed by atoms with Gasteiger partial charge in [-0.1, -0.05) is 125 Å². The van der Waals surface area contributed by atoms with Crippen LogP contribution in [0.1, 0.15) is 114 Å². The lowest BCUT2D eigenvalue weighted by atomic mass is 9.97. The number of nitrogens with one attached hydrogen (secondary N) is 11. The highest BCUT2D eigenvalue weighted by Crippen LogP contribution is 2.28. The van der Waals surface area contributed by atoms with E-state index in [9.17, 15) is 83.1 Å². The van der Waals surface area contributed by atoms with Crippen molar-refractivity contribution in [3.8, 4) is 5.75 Å². The summed E-state index contributed by atoms with van der Waals surface area (Å²) in [6, 6.07) is 10.3. The standard InChI is InChI=1S/C74H92N12O20/c1-9-18-42-19-13-14-20-43(42)28-31-54(87)81-57-41(7)106-74(104)60(61(91)39(4)5)84-66(96)50(33-38(2)3)80-71(101)72(102)85-67(97)51(34-46-36-75-49-24-16-15-23-48(46)49)79-70(100)58(62(92)45-26-29-47(105-8)30-27-45)83-68(98)53-25-17-32-86(53)73(103)59(63(93)44-21-11-10-12-22-44)82-55(88)37-76-65(95)52(35-56(89)90)78-64(94)40(6)77-69(57)99/h9-16,18-24,26-31,36,38-41,50-53,57-63,72,75,91-93,102H,17,25,32-35,37H2,1-8H3,(H,76,95)(H,77,99)(H,78,94)(H,79,100)(H,80,101)(H,81,87)(H,82,88)(H,83,98)(H,84,96)(H,85,97)(H,89,90). The Balaban J connectivity index is 1.29. The van der Waals surface area contributed by atoms with Gasteiger partial charge in [0.1, 0.15) is 72.4 Å². The maximum Gasteiger partial charge on any atom is 0.331 e. The molecule has 5 aromatic rings. The van der Waals surface area contributed by atoms with Crippen LogP contribution in [0.4, 0.5) is 0 Å². The molecular weight excluding hydrogens is 1380 g/mol. The van der Waals surface area contributed by atoms with Crippen LogP contribution < -0.4 is 57.9 Å². The number of rotatable bonds is 17. The second-order valence-electron chi connectivity index (χ2n) is 26.4. The Hall–Kier alpha value is -11.4. The van der Waals surface area contributed by atoms with Crippen LogP contribution >= 0.6 is 0 Å². The first-order valence-corrected chi connectivity index (χ1v) is 34.5. The Morgan fingerprint density at radius 3 is 1.90 bits per heavy atom. The van der Waals surface area contributed by atoms with Crippen LogP contribution in [0.25, 0.3) is 23.1 Å². The molecule has 32 nitrogen and oxygen atoms in total. The van der Waals surface area contributed by atoms with Crippen molar-refractivity contribution in [2.75, 3.05) is 20.2 Å². The van der Waals surface area contributed by atoms with Gasteiger partial charge in [0.15, 0.2) is 6.04 Å². The molecule has 16 N–H and O–H groups in total. The molecule has 0 spiro atoms. The van der Waals surface area contributed by atoms with E-state index in [0.29, 0.717) is 33.3 Å². The van der Waals surface area contributed by atoms with Gasteiger partial charge in [0.2, 0.25) is 65.3 Å². The number of allylic oxidation sites excluding steroid dienone is 1. The molecule has 3 heterocycles. The first-order valence-electron chi connectivity index (χ1n) is 34.5. The summed E-state index contributed by atoms with van der Waals surface area (Å²) in [6.07, 6.45) is -4.04. The number of carbonyl (C=O) groups is 13. The van der Waals surface area contributed by atoms with Gasteiger partial charge in [0.05, 0.1) is 26.2 Å². The Morgan fingerprint density at radius 2 is 1.25 bits per heavy atom. The Labute approximate surface area is 610 Å². The molecule has 2 aliphatic heterocycles. The summed E-state index contributed by atoms with van der Waals surface area (Å²) in [7, 11) is 1.38. The number of hydrogen-bond acceptors (Lipinski definition) is 19. The van der Waals surface area contributed by atoms with Crippen LogP contribution in [0.2, 0.25) is 0 Å². The smallest absolute Gasteiger partial charge is 0.331 e. The summed E-state index contributed by atoms with van der Waals surface area (Å²) in [5.41, 5.74) is 2.37. The summed E-state index contributed by atoms with van der Waals surface area (Å²) in [5.74, 6) is -16.9. The second-order valence-corrected chi connectivity index (χ2v) is 26.4. The number of carboxylic acids is 1. The molecule has 4 aromatic carbocycles. The first-order chi connectivity index (χ1) is 50.4. The average Bonchev–Trinajstić information content (AvgIpc) is 1.83. The minimum absolute atomic E-state index is 0.0258. The highest BCUT2D eigenvalue weighted by Gasteiger charge is 2.45. The van der Waals surface area contributed by atoms with Crippen molar-refractivity contribution in [1.29, 1.82) is 0 Å². The molecule has 14 atom stereocenters. The number of aliphatic hydroxyl groups excluding tert-OH is 4. The van der Waals surface area contributed by atoms with Gasteiger partial charge in [-0.25, -0.2) is 4.79 Å². The number of benzene rings is 4. The number of aromatic nitrogens is 1. The van der Waals surface area contributed by atoms with Crippen molar-refractivity contribution in [3.63, 3.8) is 0 Å². The number of nitrogens with zero attached hydrogens (tertiary/aromatic N) is 1. The number of hydrogen-bond donors (Lipinski definition) is 16. The summed E-state index contributed by atoms with van der Waals surface area (Å²) in [5, 5.41) is 81.5. The fourth-order valence-corrected chi connectivity index (χ4v) is 11.9. The molecule has 0 radical (unpaired) electrons. The lowest BCUT2D eigenvalue weighted by Gasteiger charge is -2.33. The number of aliphatic hydroxyl groups is 4. The number of cyclic esters (lactones) is 1. The first kappa shape index (κ1) is 81.9. The van der Waals surface area contributed by atoms with Gasteiger partial charge in [-0.15, -0.1) is 0 Å². The molecule has 1 aromatic heterocycles. The van der Waals surface area contributed by atoms with Crippen molar-refractivity contribution in [2.45, 2.75) is 166 Å². The van der Waals surface area contributed by atoms with Crippen molar-refractivity contribution in [3.05, 3.63) is 149 Å². The quantitative estimate of drug-likeness (QED) is 0.0425. The van der Waals surface area contributed by atoms with Crippen molar-refractivity contribution in [1.82, 2.24) is 63.1 Å². The van der Waals surface area contributed by atoms with E-state index in [0.717, 1.165) is 24.8 Å². The van der Waals surface area contributed by atoms with Gasteiger partial charge < -0.3 is 98.1 Å². The number of aromatic amines is 1. The van der Waals surface area contributed by atoms with Crippen molar-refractivity contribution in [2.24, 2.45) is 11.8 Å². The minimum atomic E-state index is -2.52. The number of amides is 11. The monoisotopic (exact) mass is 1470 g/mol. The molecule has 2 fully saturated rings. The summed E-state index contributed by atoms with van der Waals surface area (Å²) in [4.78, 5) is 190. The number of H-pyrrole nitrogens is 1. The molecule has 0 aliphatic carbocycles. The fraction of sp³-hybridized carbons (Fsp3) is 0.419. The predicted octanol–water partition coefficient (Wildman–Crippen LogP) is -0.144. The molecular formula is C74H92N12O20. The number of carbonyl (C=O) groups excluding carboxylic acids is 12. The molecule has 0 bridgehead atoms. The zero-order valence-corrected chi connectivity index (χ0v) is 59.7. The van der Waals surface area contributed by atoms with Gasteiger partial charge in [-0.2, -0.15) is 0 Å². The Morgan fingerprint density at radius 1 is 0.642 bits per heavy atom. The second kappa shape index (κ2) is 38.4. The molecule has 11 amide bonds. The van der Waals surface area contributed by atoms with E-state index in [-0.39, 0.29) is 36.9 Å². The molecule has 2 saturated heterocycles. The Bertz CT molecular complexity index is 4050. The number of esters is 1. The minimum Gasteiger partial charge on any atom is -0.497 e. The van der Waals surface area contributed by atoms with E-state index in [1.165, 1.54) is 81.8 Å². The van der Waals surface area contributed by atoms with E-state index < -0.39 is 193 Å². The van der Waals surface area contributed by atoms with E-state index in [4.69, 9.17) is 9.47 Å². The summed E-state index contributed by atoms with van der Waals surface area (Å²) >= 11 is 0.